The van der Waals surface area contributed by atoms with Crippen LogP contribution in [0.3, 0.4) is 0 Å². The van der Waals surface area contributed by atoms with Crippen molar-refractivity contribution >= 4 is 16.9 Å². The first-order chi connectivity index (χ1) is 11.6. The minimum absolute atomic E-state index is 0.0556. The van der Waals surface area contributed by atoms with Gasteiger partial charge in [-0.15, -0.1) is 0 Å². The number of hydrogen-bond donors (Lipinski definition) is 1. The summed E-state index contributed by atoms with van der Waals surface area (Å²) < 4.78 is 1.66. The Morgan fingerprint density at radius 1 is 1.38 bits per heavy atom. The Kier molecular flexibility index (Phi) is 3.59. The number of benzene rings is 1. The summed E-state index contributed by atoms with van der Waals surface area (Å²) in [5.74, 6) is 1.30. The van der Waals surface area contributed by atoms with Crippen LogP contribution >= 0.6 is 0 Å². The van der Waals surface area contributed by atoms with E-state index >= 15 is 0 Å². The van der Waals surface area contributed by atoms with Gasteiger partial charge in [-0.3, -0.25) is 9.48 Å². The number of para-hydroxylation sites is 1. The van der Waals surface area contributed by atoms with Crippen LogP contribution in [-0.4, -0.2) is 43.6 Å². The molecule has 0 aliphatic carbocycles. The summed E-state index contributed by atoms with van der Waals surface area (Å²) in [4.78, 5) is 22.8. The number of likely N-dealkylation sites (tertiary alicyclic amines) is 1. The number of amides is 1. The van der Waals surface area contributed by atoms with E-state index in [1.165, 1.54) is 5.56 Å². The molecule has 3 heterocycles. The Morgan fingerprint density at radius 3 is 3.00 bits per heavy atom. The highest BCUT2D eigenvalue weighted by molar-refractivity contribution is 5.93. The molecule has 6 nitrogen and oxygen atoms in total. The molecule has 0 bridgehead atoms. The van der Waals surface area contributed by atoms with Gasteiger partial charge in [0.05, 0.1) is 22.8 Å². The van der Waals surface area contributed by atoms with Crippen LogP contribution in [0.2, 0.25) is 0 Å². The second-order valence-corrected chi connectivity index (χ2v) is 6.59. The number of carbonyl (C=O) groups excluding carboxylic acids is 1. The molecule has 0 saturated carbocycles. The highest BCUT2D eigenvalue weighted by atomic mass is 16.2. The molecule has 3 aromatic rings. The van der Waals surface area contributed by atoms with Gasteiger partial charge in [0, 0.05) is 32.3 Å². The van der Waals surface area contributed by atoms with E-state index in [0.29, 0.717) is 12.1 Å². The Labute approximate surface area is 140 Å². The molecule has 24 heavy (non-hydrogen) atoms. The highest BCUT2D eigenvalue weighted by Gasteiger charge is 2.28. The first-order valence-corrected chi connectivity index (χ1v) is 8.35. The molecule has 1 atom stereocenters. The van der Waals surface area contributed by atoms with E-state index in [4.69, 9.17) is 4.98 Å². The standard InChI is InChI=1S/C18H21N5O/c1-12-5-3-7-15-16(12)21-17(20-15)13-6-4-8-23(11-13)18(24)14-9-19-22(2)10-14/h3,5,7,9-10,13H,4,6,8,11H2,1-2H3,(H,20,21)/t13-/m1/s1. The molecule has 0 spiro atoms. The summed E-state index contributed by atoms with van der Waals surface area (Å²) >= 11 is 0. The number of fused-ring (bicyclic) bond motifs is 1. The van der Waals surface area contributed by atoms with Crippen molar-refractivity contribution in [3.05, 3.63) is 47.5 Å². The van der Waals surface area contributed by atoms with E-state index in [1.54, 1.807) is 17.1 Å². The third-order valence-electron chi connectivity index (χ3n) is 4.78. The molecule has 0 radical (unpaired) electrons. The molecule has 0 unspecified atom stereocenters. The lowest BCUT2D eigenvalue weighted by Gasteiger charge is -2.31. The SMILES string of the molecule is Cc1cccc2[nH]c([C@@H]3CCCN(C(=O)c4cnn(C)c4)C3)nc12. The van der Waals surface area contributed by atoms with E-state index in [2.05, 4.69) is 29.1 Å². The third kappa shape index (κ3) is 2.58. The summed E-state index contributed by atoms with van der Waals surface area (Å²) in [7, 11) is 1.83. The van der Waals surface area contributed by atoms with Crippen LogP contribution in [0.5, 0.6) is 0 Å². The molecule has 1 saturated heterocycles. The average molecular weight is 323 g/mol. The number of piperidine rings is 1. The number of aromatic nitrogens is 4. The lowest BCUT2D eigenvalue weighted by Crippen LogP contribution is -2.39. The van der Waals surface area contributed by atoms with Gasteiger partial charge >= 0.3 is 0 Å². The topological polar surface area (TPSA) is 66.8 Å². The Balaban J connectivity index is 1.57. The molecule has 4 rings (SSSR count). The molecular weight excluding hydrogens is 302 g/mol. The lowest BCUT2D eigenvalue weighted by atomic mass is 9.97. The average Bonchev–Trinajstić information content (AvgIpc) is 3.21. The van der Waals surface area contributed by atoms with Crippen LogP contribution < -0.4 is 0 Å². The Morgan fingerprint density at radius 2 is 2.25 bits per heavy atom. The van der Waals surface area contributed by atoms with Gasteiger partial charge in [-0.1, -0.05) is 12.1 Å². The maximum atomic E-state index is 12.7. The molecule has 1 amide bonds. The van der Waals surface area contributed by atoms with Gasteiger partial charge in [-0.25, -0.2) is 4.98 Å². The van der Waals surface area contributed by atoms with Crippen molar-refractivity contribution in [2.24, 2.45) is 7.05 Å². The molecule has 124 valence electrons. The van der Waals surface area contributed by atoms with Gasteiger partial charge < -0.3 is 9.88 Å². The van der Waals surface area contributed by atoms with Gasteiger partial charge in [0.1, 0.15) is 5.82 Å². The molecule has 1 fully saturated rings. The van der Waals surface area contributed by atoms with E-state index in [9.17, 15) is 4.79 Å². The van der Waals surface area contributed by atoms with Crippen LogP contribution in [0.15, 0.2) is 30.6 Å². The third-order valence-corrected chi connectivity index (χ3v) is 4.78. The number of hydrogen-bond acceptors (Lipinski definition) is 3. The fraction of sp³-hybridized carbons (Fsp3) is 0.389. The molecule has 6 heteroatoms. The maximum absolute atomic E-state index is 12.7. The van der Waals surface area contributed by atoms with Crippen molar-refractivity contribution < 1.29 is 4.79 Å². The molecule has 1 N–H and O–H groups in total. The Hall–Kier alpha value is -2.63. The summed E-state index contributed by atoms with van der Waals surface area (Å²) in [6, 6.07) is 6.17. The Bertz CT molecular complexity index is 894. The van der Waals surface area contributed by atoms with E-state index in [1.807, 2.05) is 18.0 Å². The second-order valence-electron chi connectivity index (χ2n) is 6.59. The number of imidazole rings is 1. The first kappa shape index (κ1) is 14.9. The zero-order valence-corrected chi connectivity index (χ0v) is 14.0. The van der Waals surface area contributed by atoms with E-state index in [-0.39, 0.29) is 11.8 Å². The monoisotopic (exact) mass is 323 g/mol. The number of aromatic amines is 1. The number of H-pyrrole nitrogens is 1. The number of aryl methyl sites for hydroxylation is 2. The number of rotatable bonds is 2. The van der Waals surface area contributed by atoms with Crippen molar-refractivity contribution in [3.63, 3.8) is 0 Å². The predicted molar refractivity (Wildman–Crippen MR) is 91.9 cm³/mol. The maximum Gasteiger partial charge on any atom is 0.257 e. The minimum atomic E-state index is 0.0556. The van der Waals surface area contributed by atoms with Crippen molar-refractivity contribution in [1.29, 1.82) is 0 Å². The number of carbonyl (C=O) groups is 1. The largest absolute Gasteiger partial charge is 0.342 e. The minimum Gasteiger partial charge on any atom is -0.342 e. The van der Waals surface area contributed by atoms with Gasteiger partial charge in [0.25, 0.3) is 5.91 Å². The predicted octanol–water partition coefficient (Wildman–Crippen LogP) is 2.62. The van der Waals surface area contributed by atoms with Gasteiger partial charge in [-0.2, -0.15) is 5.10 Å². The molecule has 1 aliphatic rings. The van der Waals surface area contributed by atoms with Crippen molar-refractivity contribution in [3.8, 4) is 0 Å². The van der Waals surface area contributed by atoms with Crippen LogP contribution in [-0.2, 0) is 7.05 Å². The quantitative estimate of drug-likeness (QED) is 0.788. The van der Waals surface area contributed by atoms with E-state index in [0.717, 1.165) is 36.2 Å². The fourth-order valence-electron chi connectivity index (χ4n) is 3.49. The van der Waals surface area contributed by atoms with Gasteiger partial charge in [0.2, 0.25) is 0 Å². The number of nitrogens with zero attached hydrogens (tertiary/aromatic N) is 4. The zero-order chi connectivity index (χ0) is 16.7. The second kappa shape index (κ2) is 5.78. The summed E-state index contributed by atoms with van der Waals surface area (Å²) in [6.07, 6.45) is 5.45. The fourth-order valence-corrected chi connectivity index (χ4v) is 3.49. The van der Waals surface area contributed by atoms with Crippen LogP contribution in [0.4, 0.5) is 0 Å². The smallest absolute Gasteiger partial charge is 0.257 e. The number of nitrogens with one attached hydrogen (secondary N) is 1. The molecule has 2 aromatic heterocycles. The normalized spacial score (nSPS) is 18.2. The summed E-state index contributed by atoms with van der Waals surface area (Å²) in [5.41, 5.74) is 3.93. The van der Waals surface area contributed by atoms with Crippen molar-refractivity contribution in [1.82, 2.24) is 24.6 Å². The van der Waals surface area contributed by atoms with Gasteiger partial charge in [0.15, 0.2) is 0 Å². The zero-order valence-electron chi connectivity index (χ0n) is 14.0. The van der Waals surface area contributed by atoms with Crippen molar-refractivity contribution in [2.45, 2.75) is 25.7 Å². The van der Waals surface area contributed by atoms with E-state index < -0.39 is 0 Å². The lowest BCUT2D eigenvalue weighted by molar-refractivity contribution is 0.0705. The molecular formula is C18H21N5O. The van der Waals surface area contributed by atoms with Crippen LogP contribution in [0.25, 0.3) is 11.0 Å². The highest BCUT2D eigenvalue weighted by Crippen LogP contribution is 2.28. The van der Waals surface area contributed by atoms with Crippen LogP contribution in [0.1, 0.15) is 40.5 Å². The first-order valence-electron chi connectivity index (χ1n) is 8.35. The summed E-state index contributed by atoms with van der Waals surface area (Å²) in [5, 5.41) is 4.10. The van der Waals surface area contributed by atoms with Crippen LogP contribution in [0, 0.1) is 6.92 Å². The van der Waals surface area contributed by atoms with Gasteiger partial charge in [-0.05, 0) is 31.4 Å². The summed E-state index contributed by atoms with van der Waals surface area (Å²) in [6.45, 7) is 3.57. The van der Waals surface area contributed by atoms with Crippen molar-refractivity contribution in [2.75, 3.05) is 13.1 Å². The molecule has 1 aromatic carbocycles. The molecule has 1 aliphatic heterocycles.